The van der Waals surface area contributed by atoms with Gasteiger partial charge in [-0.15, -0.1) is 0 Å². The van der Waals surface area contributed by atoms with Crippen molar-refractivity contribution in [2.45, 2.75) is 4.90 Å². The molecule has 0 unspecified atom stereocenters. The van der Waals surface area contributed by atoms with Crippen LogP contribution in [0.3, 0.4) is 0 Å². The second-order valence-electron chi connectivity index (χ2n) is 3.86. The molecule has 0 aliphatic rings. The first kappa shape index (κ1) is 18.6. The van der Waals surface area contributed by atoms with Gasteiger partial charge in [0.15, 0.2) is 5.75 Å². The molecule has 0 heterocycles. The molecule has 0 aliphatic carbocycles. The first-order valence-electron chi connectivity index (χ1n) is 5.27. The van der Waals surface area contributed by atoms with Crippen molar-refractivity contribution in [2.75, 3.05) is 5.73 Å². The Bertz CT molecular complexity index is 751. The fourth-order valence-electron chi connectivity index (χ4n) is 1.48. The molecule has 0 fully saturated rings. The zero-order valence-electron chi connectivity index (χ0n) is 10.9. The van der Waals surface area contributed by atoms with Gasteiger partial charge in [0.25, 0.3) is 10.1 Å². The molecule has 0 saturated heterocycles. The third kappa shape index (κ3) is 4.75. The first-order chi connectivity index (χ1) is 9.27. The van der Waals surface area contributed by atoms with E-state index in [4.69, 9.17) is 33.7 Å². The van der Waals surface area contributed by atoms with Gasteiger partial charge in [-0.2, -0.15) is 8.42 Å². The number of anilines is 1. The van der Waals surface area contributed by atoms with E-state index in [1.165, 1.54) is 18.2 Å². The minimum atomic E-state index is -4.53. The quantitative estimate of drug-likeness (QED) is 0.500. The van der Waals surface area contributed by atoms with Gasteiger partial charge in [-0.25, -0.2) is 0 Å². The molecule has 0 amide bonds. The van der Waals surface area contributed by atoms with E-state index in [0.717, 1.165) is 6.07 Å². The van der Waals surface area contributed by atoms with Gasteiger partial charge in [0, 0.05) is 40.3 Å². The second kappa shape index (κ2) is 7.19. The van der Waals surface area contributed by atoms with E-state index in [2.05, 4.69) is 0 Å². The Morgan fingerprint density at radius 2 is 1.67 bits per heavy atom. The third-order valence-corrected chi connectivity index (χ3v) is 3.71. The van der Waals surface area contributed by atoms with Crippen LogP contribution in [0, 0.1) is 0 Å². The van der Waals surface area contributed by atoms with Gasteiger partial charge in [-0.3, -0.25) is 4.55 Å². The Morgan fingerprint density at radius 1 is 1.10 bits per heavy atom. The zero-order valence-corrected chi connectivity index (χ0v) is 15.2. The Morgan fingerprint density at radius 3 is 2.19 bits per heavy atom. The molecule has 1 radical (unpaired) electrons. The Labute approximate surface area is 154 Å². The number of ether oxygens (including phenoxy) is 1. The third-order valence-electron chi connectivity index (χ3n) is 2.35. The summed E-state index contributed by atoms with van der Waals surface area (Å²) in [5.74, 6) is 0.108. The molecule has 9 heteroatoms. The van der Waals surface area contributed by atoms with Gasteiger partial charge >= 0.3 is 0 Å². The monoisotopic (exact) mass is 356 g/mol. The van der Waals surface area contributed by atoms with Crippen molar-refractivity contribution in [3.63, 3.8) is 0 Å². The maximum Gasteiger partial charge on any atom is 0.298 e. The van der Waals surface area contributed by atoms with Crippen LogP contribution in [0.2, 0.25) is 10.0 Å². The topological polar surface area (TPSA) is 89.6 Å². The van der Waals surface area contributed by atoms with Gasteiger partial charge in [0.05, 0.1) is 5.02 Å². The van der Waals surface area contributed by atoms with Crippen molar-refractivity contribution in [3.8, 4) is 11.5 Å². The summed E-state index contributed by atoms with van der Waals surface area (Å²) in [7, 11) is -4.53. The molecular weight excluding hydrogens is 348 g/mol. The van der Waals surface area contributed by atoms with Crippen LogP contribution < -0.4 is 10.5 Å². The van der Waals surface area contributed by atoms with Crippen molar-refractivity contribution in [3.05, 3.63) is 46.4 Å². The first-order valence-corrected chi connectivity index (χ1v) is 7.47. The van der Waals surface area contributed by atoms with Crippen LogP contribution in [0.15, 0.2) is 41.3 Å². The SMILES string of the molecule is Nc1ccc(Oc2c(Cl)cc(Cl)cc2S(=O)(=O)O)cc1.[Na]. The van der Waals surface area contributed by atoms with Gasteiger partial charge in [-0.1, -0.05) is 23.2 Å². The van der Waals surface area contributed by atoms with Crippen molar-refractivity contribution < 1.29 is 17.7 Å². The molecule has 0 saturated carbocycles. The maximum absolute atomic E-state index is 11.3. The zero-order chi connectivity index (χ0) is 14.9. The maximum atomic E-state index is 11.3. The van der Waals surface area contributed by atoms with Gasteiger partial charge in [0.2, 0.25) is 0 Å². The predicted octanol–water partition coefficient (Wildman–Crippen LogP) is 3.23. The van der Waals surface area contributed by atoms with Crippen LogP contribution in [-0.2, 0) is 10.1 Å². The summed E-state index contributed by atoms with van der Waals surface area (Å²) in [5.41, 5.74) is 6.06. The molecule has 0 atom stereocenters. The van der Waals surface area contributed by atoms with Crippen molar-refractivity contribution >= 4 is 68.6 Å². The number of nitrogens with two attached hydrogens (primary N) is 1. The molecule has 3 N–H and O–H groups in total. The van der Waals surface area contributed by atoms with Crippen LogP contribution in [0.25, 0.3) is 0 Å². The molecule has 2 aromatic carbocycles. The summed E-state index contributed by atoms with van der Waals surface area (Å²) < 4.78 is 37.3. The van der Waals surface area contributed by atoms with Crippen LogP contribution in [0.4, 0.5) is 5.69 Å². The van der Waals surface area contributed by atoms with E-state index in [1.807, 2.05) is 0 Å². The number of hydrogen-bond donors (Lipinski definition) is 2. The number of benzene rings is 2. The summed E-state index contributed by atoms with van der Waals surface area (Å²) in [4.78, 5) is -0.508. The molecule has 2 rings (SSSR count). The van der Waals surface area contributed by atoms with Crippen molar-refractivity contribution in [1.82, 2.24) is 0 Å². The fourth-order valence-corrected chi connectivity index (χ4v) is 2.80. The van der Waals surface area contributed by atoms with Crippen molar-refractivity contribution in [2.24, 2.45) is 0 Å². The molecule has 2 aromatic rings. The summed E-state index contributed by atoms with van der Waals surface area (Å²) >= 11 is 11.6. The molecule has 0 bridgehead atoms. The molecule has 5 nitrogen and oxygen atoms in total. The average Bonchev–Trinajstić information content (AvgIpc) is 2.33. The standard InChI is InChI=1S/C12H9Cl2NO4S.Na/c13-7-5-10(14)12(11(6-7)20(16,17)18)19-9-3-1-8(15)2-4-9;/h1-6H,15H2,(H,16,17,18);. The Kier molecular flexibility index (Phi) is 6.36. The summed E-state index contributed by atoms with van der Waals surface area (Å²) in [6, 6.07) is 8.58. The van der Waals surface area contributed by atoms with Gasteiger partial charge < -0.3 is 10.5 Å². The summed E-state index contributed by atoms with van der Waals surface area (Å²) in [6.07, 6.45) is 0. The average molecular weight is 357 g/mol. The van der Waals surface area contributed by atoms with Crippen LogP contribution in [-0.4, -0.2) is 42.5 Å². The van der Waals surface area contributed by atoms with E-state index < -0.39 is 15.0 Å². The molecule has 107 valence electrons. The van der Waals surface area contributed by atoms with Crippen LogP contribution in [0.1, 0.15) is 0 Å². The minimum Gasteiger partial charge on any atom is -0.454 e. The molecule has 0 aliphatic heterocycles. The minimum absolute atomic E-state index is 0. The van der Waals surface area contributed by atoms with E-state index in [0.29, 0.717) is 11.4 Å². The van der Waals surface area contributed by atoms with Crippen LogP contribution >= 0.6 is 23.2 Å². The smallest absolute Gasteiger partial charge is 0.298 e. The second-order valence-corrected chi connectivity index (χ2v) is 6.09. The molecule has 0 aromatic heterocycles. The number of rotatable bonds is 3. The van der Waals surface area contributed by atoms with E-state index in [9.17, 15) is 13.0 Å². The predicted molar refractivity (Wildman–Crippen MR) is 83.0 cm³/mol. The molecule has 0 spiro atoms. The largest absolute Gasteiger partial charge is 0.454 e. The van der Waals surface area contributed by atoms with E-state index >= 15 is 0 Å². The molecule has 21 heavy (non-hydrogen) atoms. The summed E-state index contributed by atoms with van der Waals surface area (Å²) in [5, 5.41) is 0.0224. The number of hydrogen-bond acceptors (Lipinski definition) is 4. The van der Waals surface area contributed by atoms with Crippen LogP contribution in [0.5, 0.6) is 11.5 Å². The van der Waals surface area contributed by atoms with Gasteiger partial charge in [0.1, 0.15) is 10.6 Å². The Balaban J connectivity index is 0.00000220. The summed E-state index contributed by atoms with van der Waals surface area (Å²) in [6.45, 7) is 0. The molecular formula is C12H9Cl2NNaO4S. The van der Waals surface area contributed by atoms with Gasteiger partial charge in [-0.05, 0) is 36.4 Å². The van der Waals surface area contributed by atoms with E-state index in [-0.39, 0.29) is 45.4 Å². The van der Waals surface area contributed by atoms with E-state index in [1.54, 1.807) is 12.1 Å². The Hall–Kier alpha value is -0.470. The number of nitrogen functional groups attached to an aromatic ring is 1. The fraction of sp³-hybridized carbons (Fsp3) is 0. The normalized spacial score (nSPS) is 10.8. The number of halogens is 2. The van der Waals surface area contributed by atoms with Crippen molar-refractivity contribution in [1.29, 1.82) is 0 Å².